The van der Waals surface area contributed by atoms with Gasteiger partial charge in [0.15, 0.2) is 0 Å². The average Bonchev–Trinajstić information content (AvgIpc) is 2.68. The maximum absolute atomic E-state index is 4.31. The third kappa shape index (κ3) is 2.32. The summed E-state index contributed by atoms with van der Waals surface area (Å²) < 4.78 is 2.01. The summed E-state index contributed by atoms with van der Waals surface area (Å²) in [4.78, 5) is 0. The van der Waals surface area contributed by atoms with Gasteiger partial charge in [0, 0.05) is 17.4 Å². The fraction of sp³-hybridized carbons (Fsp3) is 0.182. The molecule has 2 aromatic rings. The van der Waals surface area contributed by atoms with Gasteiger partial charge in [-0.2, -0.15) is 5.10 Å². The van der Waals surface area contributed by atoms with E-state index in [0.717, 1.165) is 12.0 Å². The number of nitrogens with zero attached hydrogens (tertiary/aromatic N) is 2. The van der Waals surface area contributed by atoms with Crippen molar-refractivity contribution in [2.24, 2.45) is 0 Å². The zero-order valence-electron chi connectivity index (χ0n) is 8.29. The Hall–Kier alpha value is -0.590. The van der Waals surface area contributed by atoms with E-state index in [1.54, 1.807) is 0 Å². The van der Waals surface area contributed by atoms with E-state index in [0.29, 0.717) is 6.37 Å². The molecule has 0 bridgehead atoms. The van der Waals surface area contributed by atoms with E-state index in [9.17, 15) is 0 Å². The van der Waals surface area contributed by atoms with Crippen LogP contribution in [0.2, 0.25) is 0 Å². The van der Waals surface area contributed by atoms with Crippen molar-refractivity contribution in [3.8, 4) is 11.8 Å². The molecule has 0 aliphatic rings. The van der Waals surface area contributed by atoms with Gasteiger partial charge in [-0.3, -0.25) is 0 Å². The maximum atomic E-state index is 4.31. The van der Waals surface area contributed by atoms with E-state index in [4.69, 9.17) is 0 Å². The molecule has 76 valence electrons. The maximum Gasteiger partial charge on any atom is 0.0741 e. The Morgan fingerprint density at radius 3 is 3.13 bits per heavy atom. The molecule has 1 unspecified atom stereocenters. The lowest BCUT2D eigenvalue weighted by molar-refractivity contribution is 1.04. The molecule has 1 aromatic heterocycles. The molecule has 1 aromatic carbocycles. The molecule has 1 atom stereocenters. The number of fused-ring (bicyclic) bond motifs is 1. The molecular formula is C11H10IN2P. The lowest BCUT2D eigenvalue weighted by atomic mass is 10.2. The Morgan fingerprint density at radius 2 is 2.40 bits per heavy atom. The Balaban J connectivity index is 2.52. The first-order chi connectivity index (χ1) is 7.35. The lowest BCUT2D eigenvalue weighted by Gasteiger charge is -1.97. The normalized spacial score (nSPS) is 10.8. The second-order valence-electron chi connectivity index (χ2n) is 3.07. The topological polar surface area (TPSA) is 17.8 Å². The van der Waals surface area contributed by atoms with E-state index in [1.807, 2.05) is 16.7 Å². The van der Waals surface area contributed by atoms with Crippen LogP contribution in [0.15, 0.2) is 24.4 Å². The van der Waals surface area contributed by atoms with E-state index in [-0.39, 0.29) is 0 Å². The van der Waals surface area contributed by atoms with Crippen LogP contribution in [-0.2, 0) is 0 Å². The Morgan fingerprint density at radius 1 is 1.53 bits per heavy atom. The highest BCUT2D eigenvalue weighted by Crippen LogP contribution is 2.28. The van der Waals surface area contributed by atoms with Gasteiger partial charge in [-0.25, -0.2) is 4.45 Å². The van der Waals surface area contributed by atoms with Crippen molar-refractivity contribution < 1.29 is 0 Å². The molecule has 0 spiro atoms. The van der Waals surface area contributed by atoms with E-state index in [1.165, 1.54) is 10.9 Å². The summed E-state index contributed by atoms with van der Waals surface area (Å²) in [6.45, 7) is 2.06. The summed E-state index contributed by atoms with van der Waals surface area (Å²) in [7, 11) is 0. The van der Waals surface area contributed by atoms with Crippen molar-refractivity contribution in [2.75, 3.05) is 0 Å². The van der Waals surface area contributed by atoms with Crippen LogP contribution in [-0.4, -0.2) is 9.55 Å². The van der Waals surface area contributed by atoms with Gasteiger partial charge < -0.3 is 0 Å². The highest BCUT2D eigenvalue weighted by Gasteiger charge is 2.01. The number of hydrogen-bond donors (Lipinski definition) is 0. The standard InChI is InChI=1S/C11H10IN2P/c1-2-3-4-9-5-6-10-8-13-14(15-12)11(10)7-9/h5-8,15H,2H2,1H3. The Labute approximate surface area is 104 Å². The minimum absolute atomic E-state index is 0.634. The van der Waals surface area contributed by atoms with Crippen LogP contribution in [0.3, 0.4) is 0 Å². The minimum atomic E-state index is 0.634. The van der Waals surface area contributed by atoms with Crippen molar-refractivity contribution >= 4 is 39.3 Å². The molecule has 1 heterocycles. The van der Waals surface area contributed by atoms with Gasteiger partial charge >= 0.3 is 0 Å². The van der Waals surface area contributed by atoms with Gasteiger partial charge in [0.1, 0.15) is 0 Å². The molecule has 0 radical (unpaired) electrons. The second kappa shape index (κ2) is 4.96. The quantitative estimate of drug-likeness (QED) is 0.444. The summed E-state index contributed by atoms with van der Waals surface area (Å²) in [5.41, 5.74) is 2.24. The van der Waals surface area contributed by atoms with Gasteiger partial charge in [-0.15, -0.1) is 0 Å². The van der Waals surface area contributed by atoms with E-state index >= 15 is 0 Å². The molecule has 0 aliphatic carbocycles. The number of hydrogen-bond acceptors (Lipinski definition) is 1. The van der Waals surface area contributed by atoms with Crippen LogP contribution in [0.4, 0.5) is 0 Å². The molecule has 4 heteroatoms. The monoisotopic (exact) mass is 328 g/mol. The van der Waals surface area contributed by atoms with Gasteiger partial charge in [-0.1, -0.05) is 18.8 Å². The molecule has 0 amide bonds. The molecule has 0 N–H and O–H groups in total. The Bertz CT molecular complexity index is 536. The zero-order valence-corrected chi connectivity index (χ0v) is 11.4. The number of aromatic nitrogens is 2. The second-order valence-corrected chi connectivity index (χ2v) is 5.11. The third-order valence-corrected chi connectivity index (χ3v) is 3.95. The summed E-state index contributed by atoms with van der Waals surface area (Å²) in [6, 6.07) is 6.24. The predicted octanol–water partition coefficient (Wildman–Crippen LogP) is 3.59. The van der Waals surface area contributed by atoms with Crippen molar-refractivity contribution in [3.63, 3.8) is 0 Å². The zero-order chi connectivity index (χ0) is 10.7. The van der Waals surface area contributed by atoms with Crippen molar-refractivity contribution in [1.82, 2.24) is 9.55 Å². The molecule has 0 saturated carbocycles. The average molecular weight is 328 g/mol. The molecule has 0 aliphatic heterocycles. The minimum Gasteiger partial charge on any atom is -0.237 e. The number of benzene rings is 1. The molecule has 0 fully saturated rings. The summed E-state index contributed by atoms with van der Waals surface area (Å²) in [5.74, 6) is 6.22. The highest BCUT2D eigenvalue weighted by molar-refractivity contribution is 14.2. The summed E-state index contributed by atoms with van der Waals surface area (Å²) in [6.07, 6.45) is 3.43. The fourth-order valence-electron chi connectivity index (χ4n) is 1.35. The van der Waals surface area contributed by atoms with Crippen LogP contribution >= 0.6 is 28.4 Å². The van der Waals surface area contributed by atoms with Crippen LogP contribution in [0, 0.1) is 11.8 Å². The largest absolute Gasteiger partial charge is 0.237 e. The van der Waals surface area contributed by atoms with Crippen LogP contribution in [0.5, 0.6) is 0 Å². The van der Waals surface area contributed by atoms with Gasteiger partial charge in [0.05, 0.1) is 18.1 Å². The smallest absolute Gasteiger partial charge is 0.0741 e. The van der Waals surface area contributed by atoms with Crippen molar-refractivity contribution in [3.05, 3.63) is 30.0 Å². The molecule has 2 rings (SSSR count). The SMILES string of the molecule is CCC#Cc1ccc2cnn(PI)c2c1. The predicted molar refractivity (Wildman–Crippen MR) is 74.6 cm³/mol. The van der Waals surface area contributed by atoms with Crippen molar-refractivity contribution in [2.45, 2.75) is 13.3 Å². The highest BCUT2D eigenvalue weighted by atomic mass is 127. The van der Waals surface area contributed by atoms with Crippen LogP contribution < -0.4 is 0 Å². The Kier molecular flexibility index (Phi) is 3.61. The van der Waals surface area contributed by atoms with Gasteiger partial charge in [-0.05, 0) is 40.2 Å². The van der Waals surface area contributed by atoms with Gasteiger partial charge in [0.25, 0.3) is 0 Å². The first-order valence-electron chi connectivity index (χ1n) is 4.68. The van der Waals surface area contributed by atoms with E-state index in [2.05, 4.69) is 58.0 Å². The first kappa shape index (κ1) is 10.9. The van der Waals surface area contributed by atoms with Crippen molar-refractivity contribution in [1.29, 1.82) is 0 Å². The first-order valence-corrected chi connectivity index (χ1v) is 8.74. The number of rotatable bonds is 1. The summed E-state index contributed by atoms with van der Waals surface area (Å²) >= 11 is 2.33. The molecule has 0 saturated heterocycles. The molecule has 2 nitrogen and oxygen atoms in total. The van der Waals surface area contributed by atoms with Crippen LogP contribution in [0.25, 0.3) is 10.9 Å². The van der Waals surface area contributed by atoms with E-state index < -0.39 is 0 Å². The lowest BCUT2D eigenvalue weighted by Crippen LogP contribution is -1.82. The van der Waals surface area contributed by atoms with Crippen LogP contribution in [0.1, 0.15) is 18.9 Å². The third-order valence-electron chi connectivity index (χ3n) is 2.06. The molecule has 15 heavy (non-hydrogen) atoms. The van der Waals surface area contributed by atoms with Gasteiger partial charge in [0.2, 0.25) is 0 Å². The number of halogens is 1. The fourth-order valence-corrected chi connectivity index (χ4v) is 2.89. The molecular weight excluding hydrogens is 318 g/mol. The summed E-state index contributed by atoms with van der Waals surface area (Å²) in [5, 5.41) is 5.49.